The summed E-state index contributed by atoms with van der Waals surface area (Å²) in [4.78, 5) is 31.5. The second-order valence-electron chi connectivity index (χ2n) is 7.83. The summed E-state index contributed by atoms with van der Waals surface area (Å²) in [5, 5.41) is 0.0287. The number of carbonyl (C=O) groups excluding carboxylic acids is 2. The Balaban J connectivity index is 1.83. The third-order valence-corrected chi connectivity index (χ3v) is 5.78. The van der Waals surface area contributed by atoms with Crippen LogP contribution in [-0.4, -0.2) is 58.8 Å². The van der Waals surface area contributed by atoms with Gasteiger partial charge in [-0.1, -0.05) is 24.2 Å². The van der Waals surface area contributed by atoms with Gasteiger partial charge in [-0.15, -0.1) is 0 Å². The van der Waals surface area contributed by atoms with E-state index in [9.17, 15) is 14.0 Å². The average molecular weight is 461 g/mol. The monoisotopic (exact) mass is 460 g/mol. The van der Waals surface area contributed by atoms with E-state index in [1.54, 1.807) is 24.0 Å². The van der Waals surface area contributed by atoms with Crippen molar-refractivity contribution in [3.05, 3.63) is 70.8 Å². The van der Waals surface area contributed by atoms with Gasteiger partial charge >= 0.3 is 0 Å². The molecule has 170 valence electrons. The fourth-order valence-electron chi connectivity index (χ4n) is 3.84. The molecule has 32 heavy (non-hydrogen) atoms. The lowest BCUT2D eigenvalue weighted by molar-refractivity contribution is -0.130. The zero-order valence-electron chi connectivity index (χ0n) is 18.1. The number of rotatable bonds is 7. The largest absolute Gasteiger partial charge is 0.483 e. The van der Waals surface area contributed by atoms with Crippen LogP contribution in [0.1, 0.15) is 34.6 Å². The maximum Gasteiger partial charge on any atom is 0.267 e. The summed E-state index contributed by atoms with van der Waals surface area (Å²) in [5.74, 6) is -0.820. The van der Waals surface area contributed by atoms with Crippen LogP contribution in [0, 0.1) is 12.7 Å². The summed E-state index contributed by atoms with van der Waals surface area (Å²) in [6.07, 6.45) is 2.21. The molecule has 2 heterocycles. The molecule has 1 aromatic carbocycles. The Morgan fingerprint density at radius 3 is 2.75 bits per heavy atom. The Morgan fingerprint density at radius 1 is 1.41 bits per heavy atom. The average Bonchev–Trinajstić information content (AvgIpc) is 2.74. The third kappa shape index (κ3) is 5.44. The van der Waals surface area contributed by atoms with Gasteiger partial charge in [0.25, 0.3) is 5.91 Å². The van der Waals surface area contributed by atoms with Crippen LogP contribution in [-0.2, 0) is 4.79 Å². The first-order valence-corrected chi connectivity index (χ1v) is 10.6. The number of hydrogen-bond donors (Lipinski definition) is 1. The van der Waals surface area contributed by atoms with Crippen molar-refractivity contribution < 1.29 is 18.7 Å². The van der Waals surface area contributed by atoms with E-state index in [-0.39, 0.29) is 22.7 Å². The molecule has 0 aliphatic carbocycles. The van der Waals surface area contributed by atoms with Crippen LogP contribution in [0.5, 0.6) is 5.75 Å². The lowest BCUT2D eigenvalue weighted by Crippen LogP contribution is -2.54. The maximum absolute atomic E-state index is 14.2. The first kappa shape index (κ1) is 23.7. The standard InChI is InChI=1S/C23H26ClFN4O3/c1-4-21(30)29-8-7-28(12-15(29)3)13-20(16-5-6-18(24)19(25)10-16)32-17-9-14(2)22(23(26)31)27-11-17/h4-6,9-11,15,20H,1,7-8,12-13H2,2-3H3,(H2,26,31)/t15-,20+/m1/s1. The number of aromatic nitrogens is 1. The Labute approximate surface area is 191 Å². The topological polar surface area (TPSA) is 88.8 Å². The number of benzene rings is 1. The number of pyridine rings is 1. The number of piperazine rings is 1. The number of ether oxygens (including phenoxy) is 1. The van der Waals surface area contributed by atoms with E-state index in [1.165, 1.54) is 24.4 Å². The predicted octanol–water partition coefficient (Wildman–Crippen LogP) is 3.12. The molecule has 2 amide bonds. The highest BCUT2D eigenvalue weighted by Gasteiger charge is 2.29. The van der Waals surface area contributed by atoms with Gasteiger partial charge in [-0.05, 0) is 49.2 Å². The van der Waals surface area contributed by atoms with Crippen LogP contribution in [0.4, 0.5) is 4.39 Å². The predicted molar refractivity (Wildman–Crippen MR) is 120 cm³/mol. The van der Waals surface area contributed by atoms with Crippen LogP contribution in [0.3, 0.4) is 0 Å². The second kappa shape index (κ2) is 10.1. The molecule has 1 aliphatic rings. The van der Waals surface area contributed by atoms with Crippen LogP contribution in [0.2, 0.25) is 5.02 Å². The van der Waals surface area contributed by atoms with Crippen molar-refractivity contribution in [1.29, 1.82) is 0 Å². The number of aryl methyl sites for hydroxylation is 1. The van der Waals surface area contributed by atoms with Crippen LogP contribution in [0.25, 0.3) is 0 Å². The zero-order valence-corrected chi connectivity index (χ0v) is 18.8. The van der Waals surface area contributed by atoms with Gasteiger partial charge in [0.1, 0.15) is 23.4 Å². The van der Waals surface area contributed by atoms with Crippen molar-refractivity contribution in [3.63, 3.8) is 0 Å². The fourth-order valence-corrected chi connectivity index (χ4v) is 3.95. The van der Waals surface area contributed by atoms with Gasteiger partial charge in [0, 0.05) is 32.2 Å². The highest BCUT2D eigenvalue weighted by atomic mass is 35.5. The van der Waals surface area contributed by atoms with Crippen molar-refractivity contribution in [2.45, 2.75) is 26.0 Å². The van der Waals surface area contributed by atoms with Crippen molar-refractivity contribution in [2.75, 3.05) is 26.2 Å². The van der Waals surface area contributed by atoms with E-state index in [4.69, 9.17) is 22.1 Å². The van der Waals surface area contributed by atoms with Crippen molar-refractivity contribution in [1.82, 2.24) is 14.8 Å². The highest BCUT2D eigenvalue weighted by molar-refractivity contribution is 6.30. The van der Waals surface area contributed by atoms with E-state index >= 15 is 0 Å². The maximum atomic E-state index is 14.2. The lowest BCUT2D eigenvalue weighted by atomic mass is 10.1. The van der Waals surface area contributed by atoms with Crippen LogP contribution >= 0.6 is 11.6 Å². The smallest absolute Gasteiger partial charge is 0.267 e. The molecule has 0 unspecified atom stereocenters. The van der Waals surface area contributed by atoms with E-state index in [0.717, 1.165) is 0 Å². The number of halogens is 2. The van der Waals surface area contributed by atoms with Crippen molar-refractivity contribution in [2.24, 2.45) is 5.73 Å². The molecule has 0 spiro atoms. The molecule has 1 aliphatic heterocycles. The molecule has 7 nitrogen and oxygen atoms in total. The molecule has 1 aromatic heterocycles. The Hall–Kier alpha value is -2.97. The number of nitrogens with two attached hydrogens (primary N) is 1. The van der Waals surface area contributed by atoms with Gasteiger partial charge in [0.15, 0.2) is 0 Å². The van der Waals surface area contributed by atoms with Gasteiger partial charge in [0.2, 0.25) is 5.91 Å². The minimum Gasteiger partial charge on any atom is -0.483 e. The second-order valence-corrected chi connectivity index (χ2v) is 8.23. The quantitative estimate of drug-likeness (QED) is 0.641. The molecule has 0 saturated carbocycles. The summed E-state index contributed by atoms with van der Waals surface area (Å²) in [7, 11) is 0. The zero-order chi connectivity index (χ0) is 23.4. The van der Waals surface area contributed by atoms with Gasteiger partial charge in [-0.25, -0.2) is 9.37 Å². The minimum atomic E-state index is -0.619. The lowest BCUT2D eigenvalue weighted by Gasteiger charge is -2.40. The molecular weight excluding hydrogens is 435 g/mol. The number of hydrogen-bond acceptors (Lipinski definition) is 5. The Kier molecular flexibility index (Phi) is 7.48. The van der Waals surface area contributed by atoms with E-state index in [1.807, 2.05) is 6.92 Å². The summed E-state index contributed by atoms with van der Waals surface area (Å²) in [5.41, 5.74) is 6.70. The van der Waals surface area contributed by atoms with Gasteiger partial charge < -0.3 is 15.4 Å². The SMILES string of the molecule is C=CC(=O)N1CCN(C[C@H](Oc2cnc(C(N)=O)c(C)c2)c2ccc(Cl)c(F)c2)C[C@H]1C. The molecule has 2 aromatic rings. The number of amides is 2. The van der Waals surface area contributed by atoms with Gasteiger partial charge in [-0.2, -0.15) is 0 Å². The summed E-state index contributed by atoms with van der Waals surface area (Å²) in [6, 6.07) is 6.23. The molecule has 2 atom stereocenters. The van der Waals surface area contributed by atoms with Crippen molar-refractivity contribution in [3.8, 4) is 5.75 Å². The van der Waals surface area contributed by atoms with Gasteiger partial charge in [-0.3, -0.25) is 14.5 Å². The third-order valence-electron chi connectivity index (χ3n) is 5.47. The molecule has 2 N–H and O–H groups in total. The molecule has 0 bridgehead atoms. The molecular formula is C23H26ClFN4O3. The molecule has 1 fully saturated rings. The summed E-state index contributed by atoms with van der Waals surface area (Å²) < 4.78 is 20.4. The number of carbonyl (C=O) groups is 2. The van der Waals surface area contributed by atoms with Gasteiger partial charge in [0.05, 0.1) is 11.2 Å². The minimum absolute atomic E-state index is 0.00406. The molecule has 9 heteroatoms. The van der Waals surface area contributed by atoms with Crippen LogP contribution in [0.15, 0.2) is 43.1 Å². The Morgan fingerprint density at radius 2 is 2.16 bits per heavy atom. The van der Waals surface area contributed by atoms with Crippen molar-refractivity contribution >= 4 is 23.4 Å². The summed E-state index contributed by atoms with van der Waals surface area (Å²) in [6.45, 7) is 9.53. The van der Waals surface area contributed by atoms with E-state index in [0.29, 0.717) is 43.1 Å². The highest BCUT2D eigenvalue weighted by Crippen LogP contribution is 2.27. The van der Waals surface area contributed by atoms with Crippen LogP contribution < -0.4 is 10.5 Å². The van der Waals surface area contributed by atoms with E-state index in [2.05, 4.69) is 16.5 Å². The summed E-state index contributed by atoms with van der Waals surface area (Å²) >= 11 is 5.86. The normalized spacial score (nSPS) is 17.6. The first-order chi connectivity index (χ1) is 15.2. The molecule has 3 rings (SSSR count). The molecule has 0 radical (unpaired) electrons. The molecule has 1 saturated heterocycles. The number of nitrogens with zero attached hydrogens (tertiary/aromatic N) is 3. The Bertz CT molecular complexity index is 1030. The van der Waals surface area contributed by atoms with E-state index < -0.39 is 17.8 Å². The fraction of sp³-hybridized carbons (Fsp3) is 0.348. The number of primary amides is 1. The first-order valence-electron chi connectivity index (χ1n) is 10.2.